The molecule has 0 aliphatic rings. The second-order valence-electron chi connectivity index (χ2n) is 4.55. The summed E-state index contributed by atoms with van der Waals surface area (Å²) in [5.74, 6) is 1.05. The third-order valence-corrected chi connectivity index (χ3v) is 2.76. The van der Waals surface area contributed by atoms with Crippen LogP contribution in [0.2, 0.25) is 0 Å². The molecule has 19 heavy (non-hydrogen) atoms. The van der Waals surface area contributed by atoms with E-state index in [-0.39, 0.29) is 6.42 Å². The van der Waals surface area contributed by atoms with Crippen molar-refractivity contribution in [3.63, 3.8) is 0 Å². The molecule has 1 amide bonds. The molecule has 0 radical (unpaired) electrons. The maximum atomic E-state index is 11.9. The molecule has 1 aromatic carbocycles. The van der Waals surface area contributed by atoms with Gasteiger partial charge in [0.05, 0.1) is 0 Å². The minimum Gasteiger partial charge on any atom is -0.480 e. The molecule has 0 heterocycles. The molecule has 0 aliphatic heterocycles. The van der Waals surface area contributed by atoms with Crippen LogP contribution in [0.3, 0.4) is 0 Å². The number of rotatable bonds is 5. The first-order chi connectivity index (χ1) is 8.95. The van der Waals surface area contributed by atoms with Crippen molar-refractivity contribution in [1.29, 1.82) is 0 Å². The first-order valence-electron chi connectivity index (χ1n) is 6.02. The lowest BCUT2D eigenvalue weighted by Crippen LogP contribution is -2.40. The van der Waals surface area contributed by atoms with E-state index in [1.807, 2.05) is 12.1 Å². The van der Waals surface area contributed by atoms with Gasteiger partial charge in [0.15, 0.2) is 0 Å². The van der Waals surface area contributed by atoms with Crippen molar-refractivity contribution in [1.82, 2.24) is 5.32 Å². The summed E-state index contributed by atoms with van der Waals surface area (Å²) in [5.41, 5.74) is 1.54. The minimum atomic E-state index is -1.13. The molecule has 0 bridgehead atoms. The number of aliphatic carboxylic acids is 1. The lowest BCUT2D eigenvalue weighted by molar-refractivity contribution is -0.139. The van der Waals surface area contributed by atoms with E-state index in [0.29, 0.717) is 11.5 Å². The molecule has 1 atom stereocenters. The predicted molar refractivity (Wildman–Crippen MR) is 72.9 cm³/mol. The van der Waals surface area contributed by atoms with Crippen LogP contribution in [0.5, 0.6) is 0 Å². The van der Waals surface area contributed by atoms with Crippen molar-refractivity contribution in [2.24, 2.45) is 0 Å². The van der Waals surface area contributed by atoms with E-state index in [1.54, 1.807) is 12.1 Å². The number of amides is 1. The fourth-order valence-corrected chi connectivity index (χ4v) is 1.58. The molecular weight excluding hydrogens is 242 g/mol. The highest BCUT2D eigenvalue weighted by Crippen LogP contribution is 2.14. The van der Waals surface area contributed by atoms with Gasteiger partial charge in [0.1, 0.15) is 6.04 Å². The van der Waals surface area contributed by atoms with Gasteiger partial charge in [-0.2, -0.15) is 0 Å². The Hall–Kier alpha value is -2.28. The van der Waals surface area contributed by atoms with Gasteiger partial charge in [0, 0.05) is 12.0 Å². The Balaban J connectivity index is 2.77. The van der Waals surface area contributed by atoms with Gasteiger partial charge in [-0.05, 0) is 23.6 Å². The zero-order valence-corrected chi connectivity index (χ0v) is 11.0. The molecule has 0 saturated carbocycles. The van der Waals surface area contributed by atoms with Crippen LogP contribution in [0, 0.1) is 12.3 Å². The largest absolute Gasteiger partial charge is 0.480 e. The summed E-state index contributed by atoms with van der Waals surface area (Å²) in [6.07, 6.45) is 5.03. The predicted octanol–water partition coefficient (Wildman–Crippen LogP) is 2.02. The summed E-state index contributed by atoms with van der Waals surface area (Å²) >= 11 is 0. The number of benzene rings is 1. The van der Waals surface area contributed by atoms with Crippen LogP contribution in [0.1, 0.15) is 42.1 Å². The SMILES string of the molecule is C#CCC(NC(=O)c1ccc(C(C)C)cc1)C(=O)O. The second kappa shape index (κ2) is 6.60. The van der Waals surface area contributed by atoms with E-state index >= 15 is 0 Å². The summed E-state index contributed by atoms with van der Waals surface area (Å²) in [7, 11) is 0. The number of nitrogens with one attached hydrogen (secondary N) is 1. The first-order valence-corrected chi connectivity index (χ1v) is 6.02. The Kier molecular flexibility index (Phi) is 5.13. The van der Waals surface area contributed by atoms with Crippen molar-refractivity contribution in [3.8, 4) is 12.3 Å². The molecule has 0 aromatic heterocycles. The molecule has 0 saturated heterocycles. The number of carbonyl (C=O) groups excluding carboxylic acids is 1. The van der Waals surface area contributed by atoms with Crippen LogP contribution in [0.4, 0.5) is 0 Å². The zero-order chi connectivity index (χ0) is 14.4. The molecule has 0 aliphatic carbocycles. The van der Waals surface area contributed by atoms with Gasteiger partial charge in [0.2, 0.25) is 0 Å². The molecule has 0 fully saturated rings. The molecule has 2 N–H and O–H groups in total. The molecule has 4 nitrogen and oxygen atoms in total. The maximum absolute atomic E-state index is 11.9. The number of carbonyl (C=O) groups is 2. The Bertz CT molecular complexity index is 497. The van der Waals surface area contributed by atoms with E-state index in [1.165, 1.54) is 0 Å². The van der Waals surface area contributed by atoms with Gasteiger partial charge in [-0.3, -0.25) is 4.79 Å². The number of carboxylic acid groups (broad SMARTS) is 1. The quantitative estimate of drug-likeness (QED) is 0.795. The van der Waals surface area contributed by atoms with Crippen LogP contribution in [-0.4, -0.2) is 23.0 Å². The van der Waals surface area contributed by atoms with Crippen LogP contribution < -0.4 is 5.32 Å². The maximum Gasteiger partial charge on any atom is 0.327 e. The van der Waals surface area contributed by atoms with Crippen LogP contribution in [-0.2, 0) is 4.79 Å². The summed E-state index contributed by atoms with van der Waals surface area (Å²) in [4.78, 5) is 22.8. The lowest BCUT2D eigenvalue weighted by atomic mass is 10.0. The van der Waals surface area contributed by atoms with Gasteiger partial charge >= 0.3 is 5.97 Å². The van der Waals surface area contributed by atoms with E-state index in [0.717, 1.165) is 5.56 Å². The van der Waals surface area contributed by atoms with Crippen LogP contribution in [0.25, 0.3) is 0 Å². The molecule has 0 spiro atoms. The molecule has 1 aromatic rings. The Morgan fingerprint density at radius 2 is 1.89 bits per heavy atom. The minimum absolute atomic E-state index is 0.0366. The molecule has 1 rings (SSSR count). The molecule has 1 unspecified atom stereocenters. The number of terminal acetylenes is 1. The number of hydrogen-bond acceptors (Lipinski definition) is 2. The molecule has 100 valence electrons. The lowest BCUT2D eigenvalue weighted by Gasteiger charge is -2.12. The monoisotopic (exact) mass is 259 g/mol. The average molecular weight is 259 g/mol. The van der Waals surface area contributed by atoms with Crippen molar-refractivity contribution in [3.05, 3.63) is 35.4 Å². The third-order valence-electron chi connectivity index (χ3n) is 2.76. The Labute approximate surface area is 112 Å². The van der Waals surface area contributed by atoms with Gasteiger partial charge in [0.25, 0.3) is 5.91 Å². The smallest absolute Gasteiger partial charge is 0.327 e. The van der Waals surface area contributed by atoms with Crippen molar-refractivity contribution >= 4 is 11.9 Å². The van der Waals surface area contributed by atoms with E-state index in [9.17, 15) is 9.59 Å². The zero-order valence-electron chi connectivity index (χ0n) is 11.0. The standard InChI is InChI=1S/C15H17NO3/c1-4-5-13(15(18)19)16-14(17)12-8-6-11(7-9-12)10(2)3/h1,6-10,13H,5H2,2-3H3,(H,16,17)(H,18,19). The number of carboxylic acids is 1. The van der Waals surface area contributed by atoms with E-state index in [4.69, 9.17) is 11.5 Å². The Morgan fingerprint density at radius 1 is 1.32 bits per heavy atom. The fraction of sp³-hybridized carbons (Fsp3) is 0.333. The average Bonchev–Trinajstić information content (AvgIpc) is 2.38. The fourth-order valence-electron chi connectivity index (χ4n) is 1.58. The van der Waals surface area contributed by atoms with E-state index in [2.05, 4.69) is 25.1 Å². The number of hydrogen-bond donors (Lipinski definition) is 2. The van der Waals surface area contributed by atoms with Gasteiger partial charge in [-0.25, -0.2) is 4.79 Å². The summed E-state index contributed by atoms with van der Waals surface area (Å²) in [5, 5.41) is 11.3. The highest BCUT2D eigenvalue weighted by atomic mass is 16.4. The van der Waals surface area contributed by atoms with Gasteiger partial charge in [-0.1, -0.05) is 26.0 Å². The van der Waals surface area contributed by atoms with Crippen LogP contribution in [0.15, 0.2) is 24.3 Å². The van der Waals surface area contributed by atoms with Crippen molar-refractivity contribution in [2.45, 2.75) is 32.2 Å². The summed E-state index contributed by atoms with van der Waals surface area (Å²) < 4.78 is 0. The first kappa shape index (κ1) is 14.8. The highest BCUT2D eigenvalue weighted by molar-refractivity contribution is 5.96. The van der Waals surface area contributed by atoms with Crippen molar-refractivity contribution < 1.29 is 14.7 Å². The summed E-state index contributed by atoms with van der Waals surface area (Å²) in [6, 6.07) is 6.02. The normalized spacial score (nSPS) is 11.7. The van der Waals surface area contributed by atoms with Gasteiger partial charge < -0.3 is 10.4 Å². The molecule has 4 heteroatoms. The topological polar surface area (TPSA) is 66.4 Å². The second-order valence-corrected chi connectivity index (χ2v) is 4.55. The van der Waals surface area contributed by atoms with Gasteiger partial charge in [-0.15, -0.1) is 12.3 Å². The van der Waals surface area contributed by atoms with Crippen molar-refractivity contribution in [2.75, 3.05) is 0 Å². The van der Waals surface area contributed by atoms with Crippen LogP contribution >= 0.6 is 0 Å². The summed E-state index contributed by atoms with van der Waals surface area (Å²) in [6.45, 7) is 4.12. The highest BCUT2D eigenvalue weighted by Gasteiger charge is 2.19. The third kappa shape index (κ3) is 4.14. The van der Waals surface area contributed by atoms with E-state index < -0.39 is 17.9 Å². The molecular formula is C15H17NO3. The Morgan fingerprint density at radius 3 is 2.32 bits per heavy atom.